The van der Waals surface area contributed by atoms with Crippen molar-refractivity contribution in [1.82, 2.24) is 0 Å². The van der Waals surface area contributed by atoms with Gasteiger partial charge >= 0.3 is 0 Å². The normalized spacial score (nSPS) is 13.9. The van der Waals surface area contributed by atoms with E-state index in [0.29, 0.717) is 5.92 Å². The van der Waals surface area contributed by atoms with Crippen LogP contribution in [0.15, 0.2) is 29.2 Å². The summed E-state index contributed by atoms with van der Waals surface area (Å²) in [6.07, 6.45) is 0. The monoisotopic (exact) mass is 280 g/mol. The Kier molecular flexibility index (Phi) is 5.55. The number of rotatable bonds is 5. The van der Waals surface area contributed by atoms with Gasteiger partial charge in [0.05, 0.1) is 0 Å². The van der Waals surface area contributed by atoms with Gasteiger partial charge in [-0.3, -0.25) is 0 Å². The maximum absolute atomic E-state index is 2.49. The molecule has 1 heteroatoms. The van der Waals surface area contributed by atoms with Crippen LogP contribution in [0.25, 0.3) is 0 Å². The molecule has 0 aromatic heterocycles. The molecule has 0 fully saturated rings. The molecule has 0 atom stereocenters. The fraction of sp³-hybridized carbons (Fsp3) is 0.667. The van der Waals surface area contributed by atoms with Crippen LogP contribution in [0.3, 0.4) is 0 Å². The molecule has 0 amide bonds. The summed E-state index contributed by atoms with van der Waals surface area (Å²) < 4.78 is 0. The Hall–Kier alpha value is -0.430. The first-order chi connectivity index (χ1) is 8.74. The van der Waals surface area contributed by atoms with Gasteiger partial charge < -0.3 is 0 Å². The summed E-state index contributed by atoms with van der Waals surface area (Å²) in [5.74, 6) is 0.614. The van der Waals surface area contributed by atoms with E-state index in [1.54, 1.807) is 4.90 Å². The molecule has 0 unspecified atom stereocenters. The van der Waals surface area contributed by atoms with Crippen LogP contribution in [0, 0.1) is 0 Å². The SMILES string of the molecule is CC(C)c1cccc(S(C(C)C)(C(C)C)C(C)C)c1. The van der Waals surface area contributed by atoms with Gasteiger partial charge in [-0.2, -0.15) is 0 Å². The average molecular weight is 281 g/mol. The molecule has 0 saturated heterocycles. The lowest BCUT2D eigenvalue weighted by Gasteiger charge is -2.52. The fourth-order valence-electron chi connectivity index (χ4n) is 3.54. The van der Waals surface area contributed by atoms with Crippen LogP contribution >= 0.6 is 10.0 Å². The van der Waals surface area contributed by atoms with E-state index in [1.165, 1.54) is 5.56 Å². The van der Waals surface area contributed by atoms with Gasteiger partial charge in [0.25, 0.3) is 0 Å². The summed E-state index contributed by atoms with van der Waals surface area (Å²) in [5, 5.41) is 2.19. The van der Waals surface area contributed by atoms with Crippen molar-refractivity contribution >= 4 is 10.0 Å². The van der Waals surface area contributed by atoms with Crippen LogP contribution in [-0.2, 0) is 0 Å². The molecular weight excluding hydrogens is 248 g/mol. The highest BCUT2D eigenvalue weighted by molar-refractivity contribution is 8.35. The van der Waals surface area contributed by atoms with Gasteiger partial charge in [-0.1, -0.05) is 73.6 Å². The summed E-state index contributed by atoms with van der Waals surface area (Å²) >= 11 is 0. The van der Waals surface area contributed by atoms with Gasteiger partial charge in [-0.05, 0) is 38.2 Å². The highest BCUT2D eigenvalue weighted by atomic mass is 32.3. The summed E-state index contributed by atoms with van der Waals surface area (Å²) in [5.41, 5.74) is 1.48. The van der Waals surface area contributed by atoms with Crippen molar-refractivity contribution in [1.29, 1.82) is 0 Å². The van der Waals surface area contributed by atoms with Crippen molar-refractivity contribution in [3.05, 3.63) is 29.8 Å². The Balaban J connectivity index is 3.44. The van der Waals surface area contributed by atoms with Gasteiger partial charge in [0.1, 0.15) is 0 Å². The van der Waals surface area contributed by atoms with E-state index in [0.717, 1.165) is 15.7 Å². The van der Waals surface area contributed by atoms with Crippen molar-refractivity contribution in [2.45, 2.75) is 82.0 Å². The molecule has 0 aliphatic rings. The fourth-order valence-corrected chi connectivity index (χ4v) is 9.10. The van der Waals surface area contributed by atoms with Crippen molar-refractivity contribution in [2.24, 2.45) is 0 Å². The minimum Gasteiger partial charge on any atom is -0.207 e. The van der Waals surface area contributed by atoms with Crippen molar-refractivity contribution in [3.63, 3.8) is 0 Å². The zero-order chi connectivity index (χ0) is 14.8. The van der Waals surface area contributed by atoms with Crippen LogP contribution in [-0.4, -0.2) is 15.7 Å². The van der Waals surface area contributed by atoms with E-state index in [-0.39, 0.29) is 0 Å². The lowest BCUT2D eigenvalue weighted by Crippen LogP contribution is -2.29. The lowest BCUT2D eigenvalue weighted by atomic mass is 10.0. The average Bonchev–Trinajstić information content (AvgIpc) is 2.28. The quantitative estimate of drug-likeness (QED) is 0.602. The Morgan fingerprint density at radius 3 is 1.58 bits per heavy atom. The molecule has 1 aromatic rings. The van der Waals surface area contributed by atoms with Gasteiger partial charge in [-0.15, -0.1) is 0 Å². The summed E-state index contributed by atoms with van der Waals surface area (Å²) in [6.45, 7) is 19.1. The molecule has 0 spiro atoms. The third-order valence-corrected chi connectivity index (χ3v) is 10.0. The molecule has 1 aromatic carbocycles. The van der Waals surface area contributed by atoms with Crippen molar-refractivity contribution < 1.29 is 0 Å². The van der Waals surface area contributed by atoms with Gasteiger partial charge in [0, 0.05) is 0 Å². The smallest absolute Gasteiger partial charge is 0.00894 e. The Bertz CT molecular complexity index is 380. The van der Waals surface area contributed by atoms with Crippen LogP contribution in [0.5, 0.6) is 0 Å². The maximum Gasteiger partial charge on any atom is -0.00894 e. The summed E-state index contributed by atoms with van der Waals surface area (Å²) in [7, 11) is -0.781. The second-order valence-corrected chi connectivity index (χ2v) is 11.5. The predicted molar refractivity (Wildman–Crippen MR) is 91.8 cm³/mol. The molecule has 0 heterocycles. The molecule has 0 nitrogen and oxygen atoms in total. The molecule has 0 aliphatic carbocycles. The first kappa shape index (κ1) is 16.6. The highest BCUT2D eigenvalue weighted by Crippen LogP contribution is 2.66. The van der Waals surface area contributed by atoms with E-state index in [2.05, 4.69) is 79.7 Å². The van der Waals surface area contributed by atoms with E-state index in [1.807, 2.05) is 0 Å². The van der Waals surface area contributed by atoms with Crippen molar-refractivity contribution in [3.8, 4) is 0 Å². The molecular formula is C18H32S. The Labute approximate surface area is 122 Å². The molecule has 0 radical (unpaired) electrons. The molecule has 0 saturated carbocycles. The van der Waals surface area contributed by atoms with E-state index >= 15 is 0 Å². The highest BCUT2D eigenvalue weighted by Gasteiger charge is 2.36. The van der Waals surface area contributed by atoms with E-state index in [4.69, 9.17) is 0 Å². The Morgan fingerprint density at radius 2 is 1.21 bits per heavy atom. The maximum atomic E-state index is 2.49. The van der Waals surface area contributed by atoms with Crippen LogP contribution in [0.2, 0.25) is 0 Å². The zero-order valence-electron chi connectivity index (χ0n) is 14.0. The number of hydrogen-bond acceptors (Lipinski definition) is 0. The zero-order valence-corrected chi connectivity index (χ0v) is 14.8. The lowest BCUT2D eigenvalue weighted by molar-refractivity contribution is 0.858. The number of hydrogen-bond donors (Lipinski definition) is 0. The van der Waals surface area contributed by atoms with Crippen LogP contribution in [0.1, 0.15) is 66.9 Å². The second kappa shape index (κ2) is 6.35. The van der Waals surface area contributed by atoms with Crippen LogP contribution < -0.4 is 0 Å². The van der Waals surface area contributed by atoms with Gasteiger partial charge in [0.2, 0.25) is 0 Å². The molecule has 0 bridgehead atoms. The molecule has 1 rings (SSSR count). The second-order valence-electron chi connectivity index (χ2n) is 6.64. The molecule has 0 aliphatic heterocycles. The van der Waals surface area contributed by atoms with Crippen molar-refractivity contribution in [2.75, 3.05) is 0 Å². The minimum atomic E-state index is -0.781. The summed E-state index contributed by atoms with van der Waals surface area (Å²) in [6, 6.07) is 9.40. The first-order valence-electron chi connectivity index (χ1n) is 7.64. The first-order valence-corrected chi connectivity index (χ1v) is 9.46. The third kappa shape index (κ3) is 3.02. The summed E-state index contributed by atoms with van der Waals surface area (Å²) in [4.78, 5) is 1.61. The Morgan fingerprint density at radius 1 is 0.737 bits per heavy atom. The largest absolute Gasteiger partial charge is 0.207 e. The van der Waals surface area contributed by atoms with E-state index < -0.39 is 10.0 Å². The minimum absolute atomic E-state index is 0.614. The van der Waals surface area contributed by atoms with E-state index in [9.17, 15) is 0 Å². The van der Waals surface area contributed by atoms with Gasteiger partial charge in [0.15, 0.2) is 0 Å². The standard InChI is InChI=1S/C18H32S/c1-13(2)17-10-9-11-18(12-17)19(14(3)4,15(5)6)16(7)8/h9-16H,1-8H3. The van der Waals surface area contributed by atoms with Crippen LogP contribution in [0.4, 0.5) is 0 Å². The number of benzene rings is 1. The molecule has 0 N–H and O–H groups in total. The molecule has 19 heavy (non-hydrogen) atoms. The predicted octanol–water partition coefficient (Wildman–Crippen LogP) is 6.20. The molecule has 110 valence electrons. The van der Waals surface area contributed by atoms with Gasteiger partial charge in [-0.25, -0.2) is 10.0 Å². The topological polar surface area (TPSA) is 0 Å². The third-order valence-electron chi connectivity index (χ3n) is 4.27.